The van der Waals surface area contributed by atoms with E-state index in [0.29, 0.717) is 11.4 Å². The van der Waals surface area contributed by atoms with Crippen molar-refractivity contribution in [3.63, 3.8) is 0 Å². The van der Waals surface area contributed by atoms with Gasteiger partial charge in [0.25, 0.3) is 10.0 Å². The lowest BCUT2D eigenvalue weighted by atomic mass is 10.0. The molecule has 0 aliphatic heterocycles. The first-order valence-electron chi connectivity index (χ1n) is 15.8. The molecule has 0 aliphatic rings. The van der Waals surface area contributed by atoms with E-state index in [2.05, 4.69) is 5.32 Å². The van der Waals surface area contributed by atoms with Crippen LogP contribution in [0.3, 0.4) is 0 Å². The third-order valence-electron chi connectivity index (χ3n) is 7.89. The molecule has 48 heavy (non-hydrogen) atoms. The molecule has 0 aliphatic carbocycles. The quantitative estimate of drug-likeness (QED) is 0.177. The van der Waals surface area contributed by atoms with Gasteiger partial charge in [-0.15, -0.1) is 0 Å². The van der Waals surface area contributed by atoms with Gasteiger partial charge in [0.2, 0.25) is 11.8 Å². The van der Waals surface area contributed by atoms with Crippen LogP contribution in [0.4, 0.5) is 5.69 Å². The molecule has 1 atom stereocenters. The Hall–Kier alpha value is -4.83. The van der Waals surface area contributed by atoms with Crippen molar-refractivity contribution in [3.05, 3.63) is 119 Å². The Morgan fingerprint density at radius 2 is 1.38 bits per heavy atom. The molecule has 1 N–H and O–H groups in total. The van der Waals surface area contributed by atoms with E-state index in [-0.39, 0.29) is 35.6 Å². The van der Waals surface area contributed by atoms with Gasteiger partial charge in [-0.2, -0.15) is 0 Å². The van der Waals surface area contributed by atoms with Crippen LogP contribution in [0, 0.1) is 20.8 Å². The zero-order chi connectivity index (χ0) is 35.0. The van der Waals surface area contributed by atoms with Crippen LogP contribution in [0.15, 0.2) is 95.9 Å². The fourth-order valence-corrected chi connectivity index (χ4v) is 6.97. The number of methoxy groups -OCH3 is 2. The number of benzene rings is 4. The van der Waals surface area contributed by atoms with Crippen molar-refractivity contribution in [2.24, 2.45) is 0 Å². The van der Waals surface area contributed by atoms with E-state index in [1.165, 1.54) is 37.3 Å². The molecule has 2 amide bonds. The topological polar surface area (TPSA) is 105 Å². The van der Waals surface area contributed by atoms with Crippen molar-refractivity contribution >= 4 is 27.5 Å². The van der Waals surface area contributed by atoms with Crippen molar-refractivity contribution in [1.82, 2.24) is 10.2 Å². The van der Waals surface area contributed by atoms with Crippen LogP contribution >= 0.6 is 0 Å². The second-order valence-electron chi connectivity index (χ2n) is 12.3. The predicted molar refractivity (Wildman–Crippen MR) is 189 cm³/mol. The lowest BCUT2D eigenvalue weighted by molar-refractivity contribution is -0.140. The molecule has 0 aromatic heterocycles. The van der Waals surface area contributed by atoms with Crippen molar-refractivity contribution in [2.45, 2.75) is 64.6 Å². The summed E-state index contributed by atoms with van der Waals surface area (Å²) in [5, 5.41) is 2.98. The number of carbonyl (C=O) groups is 2. The average Bonchev–Trinajstić information content (AvgIpc) is 3.05. The molecule has 0 fully saturated rings. The Morgan fingerprint density at radius 3 is 1.96 bits per heavy atom. The fraction of sp³-hybridized carbons (Fsp3) is 0.316. The summed E-state index contributed by atoms with van der Waals surface area (Å²) in [5.74, 6) is -0.247. The summed E-state index contributed by atoms with van der Waals surface area (Å²) >= 11 is 0. The number of sulfonamides is 1. The van der Waals surface area contributed by atoms with Crippen LogP contribution in [0.25, 0.3) is 0 Å². The molecular formula is C38H45N3O6S. The fourth-order valence-electron chi connectivity index (χ4n) is 5.55. The molecule has 0 saturated heterocycles. The van der Waals surface area contributed by atoms with Gasteiger partial charge in [-0.1, -0.05) is 66.2 Å². The van der Waals surface area contributed by atoms with Crippen molar-refractivity contribution in [2.75, 3.05) is 25.1 Å². The molecule has 0 bridgehead atoms. The summed E-state index contributed by atoms with van der Waals surface area (Å²) in [4.78, 5) is 30.0. The van der Waals surface area contributed by atoms with Crippen molar-refractivity contribution in [3.8, 4) is 11.5 Å². The van der Waals surface area contributed by atoms with Crippen molar-refractivity contribution < 1.29 is 27.5 Å². The Bertz CT molecular complexity index is 1810. The number of nitrogens with one attached hydrogen (secondary N) is 1. The maximum absolute atomic E-state index is 14.7. The highest BCUT2D eigenvalue weighted by molar-refractivity contribution is 7.92. The molecule has 0 heterocycles. The summed E-state index contributed by atoms with van der Waals surface area (Å²) in [6.45, 7) is 8.99. The Kier molecular flexibility index (Phi) is 11.9. The van der Waals surface area contributed by atoms with Crippen LogP contribution in [-0.4, -0.2) is 58.0 Å². The molecule has 4 aromatic carbocycles. The van der Waals surface area contributed by atoms with Crippen LogP contribution in [0.5, 0.6) is 11.5 Å². The molecule has 4 rings (SSSR count). The van der Waals surface area contributed by atoms with Gasteiger partial charge in [0, 0.05) is 25.1 Å². The summed E-state index contributed by atoms with van der Waals surface area (Å²) in [7, 11) is -1.43. The van der Waals surface area contributed by atoms with Gasteiger partial charge in [0.05, 0.1) is 24.8 Å². The molecule has 0 spiro atoms. The summed E-state index contributed by atoms with van der Waals surface area (Å²) < 4.78 is 40.8. The second-order valence-corrected chi connectivity index (χ2v) is 14.1. The van der Waals surface area contributed by atoms with Gasteiger partial charge in [-0.25, -0.2) is 8.42 Å². The van der Waals surface area contributed by atoms with Gasteiger partial charge in [0.1, 0.15) is 12.6 Å². The van der Waals surface area contributed by atoms with Gasteiger partial charge in [-0.3, -0.25) is 13.9 Å². The highest BCUT2D eigenvalue weighted by atomic mass is 32.2. The lowest BCUT2D eigenvalue weighted by Gasteiger charge is -2.34. The highest BCUT2D eigenvalue weighted by Crippen LogP contribution is 2.33. The first-order chi connectivity index (χ1) is 22.8. The standard InChI is InChI=1S/C38H45N3O6S/c1-26(2)39-38(43)34(22-30-11-9-8-10-12-30)40(24-31-15-13-27(3)14-16-31)37(42)25-41(32-20-28(4)19-29(5)21-32)48(44,45)33-17-18-35(46-6)36(23-33)47-7/h8-21,23,26,34H,22,24-25H2,1-7H3,(H,39,43)/t34-/m0/s1. The number of hydrogen-bond donors (Lipinski definition) is 1. The predicted octanol–water partition coefficient (Wildman–Crippen LogP) is 5.99. The minimum atomic E-state index is -4.33. The molecule has 9 nitrogen and oxygen atoms in total. The first kappa shape index (κ1) is 36.0. The Balaban J connectivity index is 1.85. The number of carbonyl (C=O) groups excluding carboxylic acids is 2. The van der Waals surface area contributed by atoms with E-state index in [4.69, 9.17) is 9.47 Å². The van der Waals surface area contributed by atoms with Crippen LogP contribution < -0.4 is 19.1 Å². The lowest BCUT2D eigenvalue weighted by Crippen LogP contribution is -2.54. The Morgan fingerprint density at radius 1 is 0.750 bits per heavy atom. The molecule has 0 radical (unpaired) electrons. The molecular weight excluding hydrogens is 627 g/mol. The summed E-state index contributed by atoms with van der Waals surface area (Å²) in [5.41, 5.74) is 4.73. The zero-order valence-electron chi connectivity index (χ0n) is 28.7. The van der Waals surface area contributed by atoms with E-state index in [0.717, 1.165) is 32.1 Å². The third-order valence-corrected chi connectivity index (χ3v) is 9.66. The normalized spacial score (nSPS) is 11.9. The minimum Gasteiger partial charge on any atom is -0.493 e. The molecule has 0 unspecified atom stereocenters. The molecule has 0 saturated carbocycles. The minimum absolute atomic E-state index is 0.0735. The largest absolute Gasteiger partial charge is 0.493 e. The van der Waals surface area contributed by atoms with E-state index < -0.39 is 28.5 Å². The van der Waals surface area contributed by atoms with Gasteiger partial charge in [-0.05, 0) is 81.1 Å². The van der Waals surface area contributed by atoms with Crippen LogP contribution in [0.2, 0.25) is 0 Å². The molecule has 4 aromatic rings. The van der Waals surface area contributed by atoms with Gasteiger partial charge in [0.15, 0.2) is 11.5 Å². The van der Waals surface area contributed by atoms with E-state index in [1.807, 2.05) is 95.3 Å². The number of anilines is 1. The first-order valence-corrected chi connectivity index (χ1v) is 17.3. The summed E-state index contributed by atoms with van der Waals surface area (Å²) in [6.07, 6.45) is 0.239. The van der Waals surface area contributed by atoms with Crippen molar-refractivity contribution in [1.29, 1.82) is 0 Å². The average molecular weight is 672 g/mol. The second kappa shape index (κ2) is 15.8. The van der Waals surface area contributed by atoms with E-state index in [9.17, 15) is 18.0 Å². The Labute approximate surface area is 284 Å². The number of nitrogens with zero attached hydrogens (tertiary/aromatic N) is 2. The highest BCUT2D eigenvalue weighted by Gasteiger charge is 2.35. The monoisotopic (exact) mass is 671 g/mol. The number of amides is 2. The molecule has 254 valence electrons. The number of rotatable bonds is 14. The number of hydrogen-bond acceptors (Lipinski definition) is 6. The van der Waals surface area contributed by atoms with Gasteiger partial charge < -0.3 is 19.7 Å². The molecule has 10 heteroatoms. The maximum Gasteiger partial charge on any atom is 0.264 e. The van der Waals surface area contributed by atoms with E-state index >= 15 is 0 Å². The van der Waals surface area contributed by atoms with Crippen LogP contribution in [0.1, 0.15) is 41.7 Å². The number of aryl methyl sites for hydroxylation is 3. The van der Waals surface area contributed by atoms with Gasteiger partial charge >= 0.3 is 0 Å². The SMILES string of the molecule is COc1ccc(S(=O)(=O)N(CC(=O)N(Cc2ccc(C)cc2)[C@@H](Cc2ccccc2)C(=O)NC(C)C)c2cc(C)cc(C)c2)cc1OC. The smallest absolute Gasteiger partial charge is 0.264 e. The zero-order valence-corrected chi connectivity index (χ0v) is 29.5. The summed E-state index contributed by atoms with van der Waals surface area (Å²) in [6, 6.07) is 25.8. The van der Waals surface area contributed by atoms with Crippen LogP contribution in [-0.2, 0) is 32.6 Å². The van der Waals surface area contributed by atoms with E-state index in [1.54, 1.807) is 12.1 Å². The maximum atomic E-state index is 14.7. The number of ether oxygens (including phenoxy) is 2. The third kappa shape index (κ3) is 8.95.